The van der Waals surface area contributed by atoms with Gasteiger partial charge in [-0.1, -0.05) is 5.16 Å². The van der Waals surface area contributed by atoms with Crippen molar-refractivity contribution in [2.45, 2.75) is 44.2 Å². The highest BCUT2D eigenvalue weighted by Crippen LogP contribution is 2.56. The van der Waals surface area contributed by atoms with E-state index in [-0.39, 0.29) is 11.3 Å². The van der Waals surface area contributed by atoms with Crippen LogP contribution in [0.25, 0.3) is 22.4 Å². The van der Waals surface area contributed by atoms with Crippen molar-refractivity contribution in [3.8, 4) is 11.3 Å². The number of hydrogen-bond donors (Lipinski definition) is 0. The van der Waals surface area contributed by atoms with Crippen molar-refractivity contribution in [3.63, 3.8) is 0 Å². The molecular weight excluding hydrogens is 371 g/mol. The molecule has 0 radical (unpaired) electrons. The van der Waals surface area contributed by atoms with Crippen LogP contribution >= 0.6 is 0 Å². The van der Waals surface area contributed by atoms with Crippen molar-refractivity contribution in [2.24, 2.45) is 5.41 Å². The fourth-order valence-corrected chi connectivity index (χ4v) is 5.25. The molecule has 7 heteroatoms. The van der Waals surface area contributed by atoms with Crippen molar-refractivity contribution < 1.29 is 13.7 Å². The number of halogens is 1. The first-order valence-corrected chi connectivity index (χ1v) is 10.1. The standard InChI is InChI=1S/C22H21FN4O2/c1-21(23)9-22(10-21)11-27(12-22)20(28)15-7-16(14-3-2-6-24-8-14)25-19-17(15)18(26-29-19)13-4-5-13/h2-3,6-8,13H,4-5,9-12H2,1H3. The highest BCUT2D eigenvalue weighted by molar-refractivity contribution is 6.07. The first-order valence-electron chi connectivity index (χ1n) is 10.1. The summed E-state index contributed by atoms with van der Waals surface area (Å²) in [5.41, 5.74) is 2.15. The zero-order valence-corrected chi connectivity index (χ0v) is 16.2. The summed E-state index contributed by atoms with van der Waals surface area (Å²) in [6.07, 6.45) is 6.61. The van der Waals surface area contributed by atoms with Crippen molar-refractivity contribution >= 4 is 17.0 Å². The number of hydrogen-bond acceptors (Lipinski definition) is 5. The molecule has 148 valence electrons. The minimum absolute atomic E-state index is 0.0363. The molecule has 0 unspecified atom stereocenters. The first-order chi connectivity index (χ1) is 13.9. The van der Waals surface area contributed by atoms with E-state index in [4.69, 9.17) is 4.52 Å². The maximum Gasteiger partial charge on any atom is 0.259 e. The van der Waals surface area contributed by atoms with Crippen LogP contribution in [-0.2, 0) is 0 Å². The SMILES string of the molecule is CC1(F)CC2(CN(C(=O)c3cc(-c4cccnc4)nc4onc(C5CC5)c34)C2)C1. The zero-order chi connectivity index (χ0) is 19.8. The molecule has 3 fully saturated rings. The van der Waals surface area contributed by atoms with Crippen LogP contribution in [0, 0.1) is 5.41 Å². The lowest BCUT2D eigenvalue weighted by molar-refractivity contribution is -0.131. The Bertz CT molecular complexity index is 1120. The van der Waals surface area contributed by atoms with E-state index >= 15 is 0 Å². The minimum atomic E-state index is -1.08. The fourth-order valence-electron chi connectivity index (χ4n) is 5.25. The molecular formula is C22H21FN4O2. The number of pyridine rings is 2. The third-order valence-corrected chi connectivity index (χ3v) is 6.45. The summed E-state index contributed by atoms with van der Waals surface area (Å²) in [7, 11) is 0. The number of carbonyl (C=O) groups is 1. The predicted octanol–water partition coefficient (Wildman–Crippen LogP) is 4.13. The summed E-state index contributed by atoms with van der Waals surface area (Å²) in [4.78, 5) is 24.0. The lowest BCUT2D eigenvalue weighted by Crippen LogP contribution is -2.67. The van der Waals surface area contributed by atoms with Crippen LogP contribution < -0.4 is 0 Å². The number of likely N-dealkylation sites (tertiary alicyclic amines) is 1. The number of fused-ring (bicyclic) bond motifs is 1. The lowest BCUT2D eigenvalue weighted by Gasteiger charge is -2.60. The molecule has 3 aliphatic rings. The van der Waals surface area contributed by atoms with Gasteiger partial charge in [-0.2, -0.15) is 0 Å². The lowest BCUT2D eigenvalue weighted by atomic mass is 9.56. The highest BCUT2D eigenvalue weighted by Gasteiger charge is 2.59. The maximum absolute atomic E-state index is 14.0. The van der Waals surface area contributed by atoms with Gasteiger partial charge in [0.1, 0.15) is 5.67 Å². The van der Waals surface area contributed by atoms with E-state index in [1.165, 1.54) is 0 Å². The Morgan fingerprint density at radius 2 is 2.10 bits per heavy atom. The Morgan fingerprint density at radius 3 is 2.76 bits per heavy atom. The second-order valence-electron chi connectivity index (χ2n) is 9.25. The molecule has 0 aromatic carbocycles. The normalized spacial score (nSPS) is 21.8. The van der Waals surface area contributed by atoms with E-state index in [9.17, 15) is 9.18 Å². The van der Waals surface area contributed by atoms with Gasteiger partial charge in [0.25, 0.3) is 11.6 Å². The second kappa shape index (κ2) is 5.62. The molecule has 1 amide bonds. The van der Waals surface area contributed by atoms with Gasteiger partial charge in [0.15, 0.2) is 0 Å². The van der Waals surface area contributed by atoms with E-state index in [0.717, 1.165) is 29.5 Å². The van der Waals surface area contributed by atoms with Gasteiger partial charge in [-0.3, -0.25) is 9.78 Å². The van der Waals surface area contributed by atoms with Crippen LogP contribution in [0.2, 0.25) is 0 Å². The van der Waals surface area contributed by atoms with Crippen LogP contribution in [0.3, 0.4) is 0 Å². The van der Waals surface area contributed by atoms with Gasteiger partial charge >= 0.3 is 0 Å². The summed E-state index contributed by atoms with van der Waals surface area (Å²) in [5.74, 6) is 0.293. The summed E-state index contributed by atoms with van der Waals surface area (Å²) < 4.78 is 19.5. The third kappa shape index (κ3) is 2.67. The molecule has 6 rings (SSSR count). The van der Waals surface area contributed by atoms with Gasteiger partial charge in [0, 0.05) is 42.4 Å². The Labute approximate surface area is 167 Å². The van der Waals surface area contributed by atoms with Crippen LogP contribution in [0.4, 0.5) is 4.39 Å². The molecule has 3 aromatic heterocycles. The summed E-state index contributed by atoms with van der Waals surface area (Å²) in [5, 5.41) is 4.97. The van der Waals surface area contributed by atoms with Gasteiger partial charge in [0.2, 0.25) is 0 Å². The number of carbonyl (C=O) groups excluding carboxylic acids is 1. The summed E-state index contributed by atoms with van der Waals surface area (Å²) in [6, 6.07) is 5.57. The van der Waals surface area contributed by atoms with Crippen LogP contribution in [0.15, 0.2) is 35.1 Å². The second-order valence-corrected chi connectivity index (χ2v) is 9.25. The van der Waals surface area contributed by atoms with Crippen molar-refractivity contribution in [3.05, 3.63) is 41.9 Å². The molecule has 0 atom stereocenters. The Hall–Kier alpha value is -2.83. The van der Waals surface area contributed by atoms with Crippen LogP contribution in [0.5, 0.6) is 0 Å². The fraction of sp³-hybridized carbons (Fsp3) is 0.455. The maximum atomic E-state index is 14.0. The minimum Gasteiger partial charge on any atom is -0.337 e. The molecule has 1 spiro atoms. The largest absolute Gasteiger partial charge is 0.337 e. The number of nitrogens with zero attached hydrogens (tertiary/aromatic N) is 4. The van der Waals surface area contributed by atoms with E-state index in [2.05, 4.69) is 15.1 Å². The smallest absolute Gasteiger partial charge is 0.259 e. The average molecular weight is 392 g/mol. The highest BCUT2D eigenvalue weighted by atomic mass is 19.1. The summed E-state index contributed by atoms with van der Waals surface area (Å²) in [6.45, 7) is 2.87. The zero-order valence-electron chi connectivity index (χ0n) is 16.2. The predicted molar refractivity (Wildman–Crippen MR) is 104 cm³/mol. The van der Waals surface area contributed by atoms with Gasteiger partial charge < -0.3 is 9.42 Å². The Morgan fingerprint density at radius 1 is 1.31 bits per heavy atom. The topological polar surface area (TPSA) is 72.1 Å². The molecule has 29 heavy (non-hydrogen) atoms. The van der Waals surface area contributed by atoms with Crippen molar-refractivity contribution in [2.75, 3.05) is 13.1 Å². The molecule has 1 saturated heterocycles. The van der Waals surface area contributed by atoms with Gasteiger partial charge in [-0.25, -0.2) is 9.37 Å². The third-order valence-electron chi connectivity index (χ3n) is 6.45. The Balaban J connectivity index is 1.39. The van der Waals surface area contributed by atoms with Crippen LogP contribution in [0.1, 0.15) is 54.6 Å². The molecule has 0 bridgehead atoms. The number of amides is 1. The van der Waals surface area contributed by atoms with Gasteiger partial charge in [-0.05, 0) is 50.8 Å². The quantitative estimate of drug-likeness (QED) is 0.670. The number of aromatic nitrogens is 3. The van der Waals surface area contributed by atoms with Gasteiger partial charge in [-0.15, -0.1) is 0 Å². The van der Waals surface area contributed by atoms with E-state index < -0.39 is 5.67 Å². The van der Waals surface area contributed by atoms with Crippen molar-refractivity contribution in [1.82, 2.24) is 20.0 Å². The molecule has 4 heterocycles. The van der Waals surface area contributed by atoms with Gasteiger partial charge in [0.05, 0.1) is 22.3 Å². The van der Waals surface area contributed by atoms with E-state index in [0.29, 0.717) is 48.8 Å². The molecule has 1 aliphatic heterocycles. The Kier molecular flexibility index (Phi) is 3.30. The van der Waals surface area contributed by atoms with Crippen molar-refractivity contribution in [1.29, 1.82) is 0 Å². The van der Waals surface area contributed by atoms with E-state index in [1.807, 2.05) is 23.1 Å². The summed E-state index contributed by atoms with van der Waals surface area (Å²) >= 11 is 0. The number of rotatable bonds is 3. The molecule has 6 nitrogen and oxygen atoms in total. The molecule has 0 N–H and O–H groups in total. The molecule has 3 aromatic rings. The number of alkyl halides is 1. The first kappa shape index (κ1) is 17.1. The molecule has 2 saturated carbocycles. The van der Waals surface area contributed by atoms with Crippen LogP contribution in [-0.4, -0.2) is 44.7 Å². The molecule has 2 aliphatic carbocycles. The van der Waals surface area contributed by atoms with E-state index in [1.54, 1.807) is 19.3 Å². The average Bonchev–Trinajstić information content (AvgIpc) is 3.42. The monoisotopic (exact) mass is 392 g/mol.